The predicted molar refractivity (Wildman–Crippen MR) is 110 cm³/mol. The third-order valence-electron chi connectivity index (χ3n) is 4.67. The number of rotatable bonds is 5. The quantitative estimate of drug-likeness (QED) is 0.755. The number of nitrogens with zero attached hydrogens (tertiary/aromatic N) is 1. The highest BCUT2D eigenvalue weighted by atomic mass is 35.5. The topological polar surface area (TPSA) is 75.7 Å². The zero-order valence-corrected chi connectivity index (χ0v) is 17.7. The molecule has 1 saturated heterocycles. The highest BCUT2D eigenvalue weighted by Crippen LogP contribution is 2.32. The van der Waals surface area contributed by atoms with Crippen LogP contribution in [0.1, 0.15) is 18.4 Å². The monoisotopic (exact) mass is 442 g/mol. The molecule has 2 aromatic rings. The number of amides is 1. The SMILES string of the molecule is COc1ccc(C)c(S(=O)(=O)N2CCCC2C(=O)Nc2cc(Cl)ccc2Cl)c1. The van der Waals surface area contributed by atoms with Crippen molar-refractivity contribution in [3.8, 4) is 5.75 Å². The van der Waals surface area contributed by atoms with Gasteiger partial charge in [-0.15, -0.1) is 0 Å². The lowest BCUT2D eigenvalue weighted by Crippen LogP contribution is -2.43. The Labute approximate surface area is 174 Å². The van der Waals surface area contributed by atoms with E-state index in [2.05, 4.69) is 5.32 Å². The molecule has 2 aromatic carbocycles. The summed E-state index contributed by atoms with van der Waals surface area (Å²) in [6.45, 7) is 1.98. The molecule has 3 rings (SSSR count). The molecule has 1 atom stereocenters. The Bertz CT molecular complexity index is 1010. The van der Waals surface area contributed by atoms with Gasteiger partial charge in [0.15, 0.2) is 0 Å². The number of methoxy groups -OCH3 is 1. The standard InChI is InChI=1S/C19H20Cl2N2O4S/c1-12-5-7-14(27-2)11-18(12)28(25,26)23-9-3-4-17(23)19(24)22-16-10-13(20)6-8-15(16)21/h5-8,10-11,17H,3-4,9H2,1-2H3,(H,22,24). The molecule has 6 nitrogen and oxygen atoms in total. The lowest BCUT2D eigenvalue weighted by atomic mass is 10.2. The second-order valence-corrected chi connectivity index (χ2v) is 9.22. The number of sulfonamides is 1. The average Bonchev–Trinajstić information content (AvgIpc) is 3.16. The molecule has 0 bridgehead atoms. The van der Waals surface area contributed by atoms with Crippen molar-refractivity contribution in [2.75, 3.05) is 19.0 Å². The predicted octanol–water partition coefficient (Wildman–Crippen LogP) is 4.10. The van der Waals surface area contributed by atoms with Crippen molar-refractivity contribution in [1.29, 1.82) is 0 Å². The molecule has 0 aromatic heterocycles. The summed E-state index contributed by atoms with van der Waals surface area (Å²) >= 11 is 12.1. The van der Waals surface area contributed by atoms with Crippen molar-refractivity contribution in [2.45, 2.75) is 30.7 Å². The fourth-order valence-corrected chi connectivity index (χ4v) is 5.45. The summed E-state index contributed by atoms with van der Waals surface area (Å²) in [5.41, 5.74) is 0.936. The molecule has 1 N–H and O–H groups in total. The van der Waals surface area contributed by atoms with Crippen LogP contribution < -0.4 is 10.1 Å². The number of aryl methyl sites for hydroxylation is 1. The van der Waals surface area contributed by atoms with E-state index in [0.29, 0.717) is 39.9 Å². The molecular weight excluding hydrogens is 423 g/mol. The maximum atomic E-state index is 13.3. The van der Waals surface area contributed by atoms with Crippen molar-refractivity contribution in [1.82, 2.24) is 4.31 Å². The summed E-state index contributed by atoms with van der Waals surface area (Å²) in [5.74, 6) is 0.000809. The van der Waals surface area contributed by atoms with Crippen LogP contribution in [0.2, 0.25) is 10.0 Å². The van der Waals surface area contributed by atoms with Crippen LogP contribution in [-0.4, -0.2) is 38.3 Å². The lowest BCUT2D eigenvalue weighted by Gasteiger charge is -2.24. The molecular formula is C19H20Cl2N2O4S. The Morgan fingerprint density at radius 3 is 2.68 bits per heavy atom. The zero-order chi connectivity index (χ0) is 20.5. The summed E-state index contributed by atoms with van der Waals surface area (Å²) in [6, 6.07) is 8.74. The normalized spacial score (nSPS) is 17.5. The fraction of sp³-hybridized carbons (Fsp3) is 0.316. The van der Waals surface area contributed by atoms with Gasteiger partial charge in [-0.25, -0.2) is 8.42 Å². The first-order valence-corrected chi connectivity index (χ1v) is 10.9. The minimum atomic E-state index is -3.87. The minimum Gasteiger partial charge on any atom is -0.497 e. The van der Waals surface area contributed by atoms with Crippen molar-refractivity contribution in [3.63, 3.8) is 0 Å². The molecule has 1 aliphatic heterocycles. The summed E-state index contributed by atoms with van der Waals surface area (Å²) in [5, 5.41) is 3.44. The van der Waals surface area contributed by atoms with Crippen LogP contribution in [0.5, 0.6) is 5.75 Å². The van der Waals surface area contributed by atoms with Gasteiger partial charge in [0.1, 0.15) is 11.8 Å². The summed E-state index contributed by atoms with van der Waals surface area (Å²) in [7, 11) is -2.40. The molecule has 0 spiro atoms. The Kier molecular flexibility index (Phi) is 6.19. The van der Waals surface area contributed by atoms with E-state index < -0.39 is 22.0 Å². The molecule has 1 aliphatic rings. The lowest BCUT2D eigenvalue weighted by molar-refractivity contribution is -0.119. The molecule has 1 fully saturated rings. The van der Waals surface area contributed by atoms with Crippen molar-refractivity contribution >= 4 is 44.8 Å². The second-order valence-electron chi connectivity index (χ2n) is 6.52. The number of hydrogen-bond acceptors (Lipinski definition) is 4. The second kappa shape index (κ2) is 8.29. The van der Waals surface area contributed by atoms with Gasteiger partial charge >= 0.3 is 0 Å². The number of halogens is 2. The van der Waals surface area contributed by atoms with Crippen LogP contribution >= 0.6 is 23.2 Å². The average molecular weight is 443 g/mol. The Balaban J connectivity index is 1.89. The minimum absolute atomic E-state index is 0.132. The van der Waals surface area contributed by atoms with E-state index in [9.17, 15) is 13.2 Å². The van der Waals surface area contributed by atoms with Crippen molar-refractivity contribution < 1.29 is 17.9 Å². The fourth-order valence-electron chi connectivity index (χ4n) is 3.21. The molecule has 0 radical (unpaired) electrons. The number of nitrogens with one attached hydrogen (secondary N) is 1. The molecule has 1 heterocycles. The van der Waals surface area contributed by atoms with Crippen LogP contribution in [0.4, 0.5) is 5.69 Å². The van der Waals surface area contributed by atoms with E-state index in [-0.39, 0.29) is 11.4 Å². The summed E-state index contributed by atoms with van der Waals surface area (Å²) in [6.07, 6.45) is 1.01. The molecule has 0 aliphatic carbocycles. The van der Waals surface area contributed by atoms with Crippen LogP contribution in [0.3, 0.4) is 0 Å². The van der Waals surface area contributed by atoms with E-state index in [1.165, 1.54) is 23.5 Å². The first-order chi connectivity index (χ1) is 13.2. The number of carbonyl (C=O) groups excluding carboxylic acids is 1. The van der Waals surface area contributed by atoms with Crippen LogP contribution in [0.25, 0.3) is 0 Å². The van der Waals surface area contributed by atoms with Gasteiger partial charge in [0.05, 0.1) is 22.7 Å². The highest BCUT2D eigenvalue weighted by molar-refractivity contribution is 7.89. The molecule has 1 unspecified atom stereocenters. The highest BCUT2D eigenvalue weighted by Gasteiger charge is 2.40. The molecule has 150 valence electrons. The number of carbonyl (C=O) groups is 1. The zero-order valence-electron chi connectivity index (χ0n) is 15.4. The first kappa shape index (κ1) is 20.9. The van der Waals surface area contributed by atoms with Gasteiger partial charge in [-0.3, -0.25) is 4.79 Å². The van der Waals surface area contributed by atoms with Crippen molar-refractivity contribution in [2.24, 2.45) is 0 Å². The smallest absolute Gasteiger partial charge is 0.244 e. The maximum absolute atomic E-state index is 13.3. The van der Waals surface area contributed by atoms with Gasteiger partial charge in [-0.2, -0.15) is 4.31 Å². The first-order valence-electron chi connectivity index (χ1n) is 8.66. The number of hydrogen-bond donors (Lipinski definition) is 1. The van der Waals surface area contributed by atoms with Crippen LogP contribution in [0.15, 0.2) is 41.3 Å². The third kappa shape index (κ3) is 4.12. The van der Waals surface area contributed by atoms with Gasteiger partial charge in [0.2, 0.25) is 15.9 Å². The Morgan fingerprint density at radius 2 is 1.96 bits per heavy atom. The van der Waals surface area contributed by atoms with E-state index in [1.807, 2.05) is 0 Å². The van der Waals surface area contributed by atoms with Crippen LogP contribution in [-0.2, 0) is 14.8 Å². The number of benzene rings is 2. The summed E-state index contributed by atoms with van der Waals surface area (Å²) in [4.78, 5) is 13.0. The van der Waals surface area contributed by atoms with E-state index in [4.69, 9.17) is 27.9 Å². The summed E-state index contributed by atoms with van der Waals surface area (Å²) < 4.78 is 32.9. The molecule has 1 amide bonds. The Hall–Kier alpha value is -1.80. The number of anilines is 1. The maximum Gasteiger partial charge on any atom is 0.244 e. The Morgan fingerprint density at radius 1 is 1.21 bits per heavy atom. The largest absolute Gasteiger partial charge is 0.497 e. The van der Waals surface area contributed by atoms with Gasteiger partial charge in [0, 0.05) is 17.6 Å². The molecule has 28 heavy (non-hydrogen) atoms. The van der Waals surface area contributed by atoms with Gasteiger partial charge in [-0.05, 0) is 49.6 Å². The van der Waals surface area contributed by atoms with Crippen LogP contribution in [0, 0.1) is 6.92 Å². The van der Waals surface area contributed by atoms with Crippen molar-refractivity contribution in [3.05, 3.63) is 52.0 Å². The molecule has 9 heteroatoms. The van der Waals surface area contributed by atoms with E-state index in [0.717, 1.165) is 0 Å². The number of ether oxygens (including phenoxy) is 1. The molecule has 0 saturated carbocycles. The third-order valence-corrected chi connectivity index (χ3v) is 7.29. The van der Waals surface area contributed by atoms with Gasteiger partial charge < -0.3 is 10.1 Å². The van der Waals surface area contributed by atoms with E-state index in [1.54, 1.807) is 31.2 Å². The van der Waals surface area contributed by atoms with Gasteiger partial charge in [-0.1, -0.05) is 29.3 Å². The van der Waals surface area contributed by atoms with E-state index >= 15 is 0 Å². The van der Waals surface area contributed by atoms with Gasteiger partial charge in [0.25, 0.3) is 0 Å².